The number of amides is 1. The maximum atomic E-state index is 13.5. The Bertz CT molecular complexity index is 838. The van der Waals surface area contributed by atoms with Gasteiger partial charge in [0.05, 0.1) is 12.2 Å². The van der Waals surface area contributed by atoms with Crippen LogP contribution in [0, 0.1) is 11.7 Å². The summed E-state index contributed by atoms with van der Waals surface area (Å²) in [6.45, 7) is 2.40. The number of nitrogens with one attached hydrogen (secondary N) is 2. The second-order valence-electron chi connectivity index (χ2n) is 7.67. The van der Waals surface area contributed by atoms with Crippen molar-refractivity contribution in [1.82, 2.24) is 14.9 Å². The molecule has 11 heteroatoms. The van der Waals surface area contributed by atoms with Crippen molar-refractivity contribution < 1.29 is 31.0 Å². The Morgan fingerprint density at radius 3 is 2.52 bits per heavy atom. The fourth-order valence-corrected chi connectivity index (χ4v) is 4.57. The van der Waals surface area contributed by atoms with Crippen LogP contribution >= 0.6 is 0 Å². The van der Waals surface area contributed by atoms with Gasteiger partial charge < -0.3 is 10.2 Å². The van der Waals surface area contributed by atoms with Crippen LogP contribution in [0.3, 0.4) is 0 Å². The molecule has 2 rings (SSSR count). The minimum absolute atomic E-state index is 0.158. The van der Waals surface area contributed by atoms with Crippen LogP contribution in [0.1, 0.15) is 35.2 Å². The first-order valence-corrected chi connectivity index (χ1v) is 11.9. The molecule has 0 bridgehead atoms. The van der Waals surface area contributed by atoms with Crippen molar-refractivity contribution >= 4 is 21.5 Å². The Hall–Kier alpha value is -1.72. The lowest BCUT2D eigenvalue weighted by Gasteiger charge is -2.32. The molecule has 1 saturated heterocycles. The summed E-state index contributed by atoms with van der Waals surface area (Å²) in [6.07, 6.45) is -2.97. The Balaban J connectivity index is 1.74. The predicted octanol–water partition coefficient (Wildman–Crippen LogP) is 2.87. The lowest BCUT2D eigenvalue weighted by molar-refractivity contribution is -0.137. The third-order valence-corrected chi connectivity index (χ3v) is 6.82. The van der Waals surface area contributed by atoms with Gasteiger partial charge in [-0.05, 0) is 62.3 Å². The SMILES string of the molecule is C=S(=O)(CCCF)NCCN1CCC(CNC(=O)c2cc(F)cc(C(F)(F)F)c2)CC1. The molecular formula is C20H28F5N3O2S. The first-order chi connectivity index (χ1) is 14.5. The highest BCUT2D eigenvalue weighted by molar-refractivity contribution is 7.98. The number of alkyl halides is 4. The molecular weight excluding hydrogens is 441 g/mol. The van der Waals surface area contributed by atoms with E-state index < -0.39 is 39.8 Å². The van der Waals surface area contributed by atoms with Crippen molar-refractivity contribution in [3.63, 3.8) is 0 Å². The minimum atomic E-state index is -4.73. The molecule has 1 fully saturated rings. The van der Waals surface area contributed by atoms with E-state index in [9.17, 15) is 31.0 Å². The molecule has 1 unspecified atom stereocenters. The van der Waals surface area contributed by atoms with Crippen LogP contribution in [-0.2, 0) is 15.9 Å². The predicted molar refractivity (Wildman–Crippen MR) is 112 cm³/mol. The van der Waals surface area contributed by atoms with Gasteiger partial charge in [0.2, 0.25) is 0 Å². The molecule has 0 aliphatic carbocycles. The zero-order valence-electron chi connectivity index (χ0n) is 17.1. The smallest absolute Gasteiger partial charge is 0.352 e. The minimum Gasteiger partial charge on any atom is -0.352 e. The van der Waals surface area contributed by atoms with Gasteiger partial charge in [-0.1, -0.05) is 0 Å². The maximum Gasteiger partial charge on any atom is 0.416 e. The van der Waals surface area contributed by atoms with Gasteiger partial charge in [0.15, 0.2) is 0 Å². The molecule has 1 aromatic carbocycles. The second-order valence-corrected chi connectivity index (χ2v) is 9.99. The van der Waals surface area contributed by atoms with Gasteiger partial charge in [0.1, 0.15) is 5.82 Å². The van der Waals surface area contributed by atoms with Gasteiger partial charge in [-0.2, -0.15) is 13.2 Å². The van der Waals surface area contributed by atoms with Gasteiger partial charge >= 0.3 is 6.18 Å². The largest absolute Gasteiger partial charge is 0.416 e. The Kier molecular flexibility index (Phi) is 9.26. The molecule has 1 aliphatic heterocycles. The van der Waals surface area contributed by atoms with Crippen LogP contribution in [0.4, 0.5) is 22.0 Å². The monoisotopic (exact) mass is 469 g/mol. The van der Waals surface area contributed by atoms with E-state index in [0.29, 0.717) is 31.8 Å². The third kappa shape index (κ3) is 8.74. The molecule has 2 N–H and O–H groups in total. The summed E-state index contributed by atoms with van der Waals surface area (Å²) in [5.41, 5.74) is -1.56. The molecule has 31 heavy (non-hydrogen) atoms. The highest BCUT2D eigenvalue weighted by Gasteiger charge is 2.32. The summed E-state index contributed by atoms with van der Waals surface area (Å²) in [6, 6.07) is 1.78. The first kappa shape index (κ1) is 25.5. The van der Waals surface area contributed by atoms with Gasteiger partial charge in [-0.25, -0.2) is 9.11 Å². The molecule has 5 nitrogen and oxygen atoms in total. The van der Waals surface area contributed by atoms with Crippen LogP contribution in [0.5, 0.6) is 0 Å². The number of hydrogen-bond donors (Lipinski definition) is 2. The number of likely N-dealkylation sites (tertiary alicyclic amines) is 1. The van der Waals surface area contributed by atoms with Crippen LogP contribution in [0.2, 0.25) is 0 Å². The molecule has 0 aromatic heterocycles. The number of carbonyl (C=O) groups excluding carboxylic acids is 1. The van der Waals surface area contributed by atoms with E-state index in [1.807, 2.05) is 0 Å². The van der Waals surface area contributed by atoms with Crippen molar-refractivity contribution in [1.29, 1.82) is 0 Å². The lowest BCUT2D eigenvalue weighted by Crippen LogP contribution is -2.42. The Labute approximate surface area is 179 Å². The summed E-state index contributed by atoms with van der Waals surface area (Å²) in [5.74, 6) is 2.10. The fraction of sp³-hybridized carbons (Fsp3) is 0.600. The number of rotatable bonds is 10. The fourth-order valence-electron chi connectivity index (χ4n) is 3.39. The average molecular weight is 470 g/mol. The van der Waals surface area contributed by atoms with Crippen LogP contribution in [0.15, 0.2) is 18.2 Å². The van der Waals surface area contributed by atoms with Crippen molar-refractivity contribution in [3.05, 3.63) is 35.1 Å². The first-order valence-electron chi connectivity index (χ1n) is 10.0. The molecule has 1 heterocycles. The normalized spacial score (nSPS) is 18.0. The summed E-state index contributed by atoms with van der Waals surface area (Å²) in [7, 11) is -2.48. The Morgan fingerprint density at radius 2 is 1.90 bits per heavy atom. The molecule has 1 amide bonds. The molecule has 176 valence electrons. The van der Waals surface area contributed by atoms with E-state index in [-0.39, 0.29) is 23.7 Å². The van der Waals surface area contributed by atoms with Crippen molar-refractivity contribution in [2.24, 2.45) is 5.92 Å². The van der Waals surface area contributed by atoms with Gasteiger partial charge in [0, 0.05) is 40.7 Å². The maximum absolute atomic E-state index is 13.5. The average Bonchev–Trinajstić information content (AvgIpc) is 2.70. The molecule has 0 saturated carbocycles. The van der Waals surface area contributed by atoms with Crippen molar-refractivity contribution in [3.8, 4) is 0 Å². The molecule has 1 aliphatic rings. The summed E-state index contributed by atoms with van der Waals surface area (Å²) in [4.78, 5) is 14.3. The van der Waals surface area contributed by atoms with E-state index in [1.54, 1.807) is 0 Å². The lowest BCUT2D eigenvalue weighted by atomic mass is 9.96. The molecule has 1 atom stereocenters. The molecule has 0 spiro atoms. The van der Waals surface area contributed by atoms with E-state index in [4.69, 9.17) is 0 Å². The van der Waals surface area contributed by atoms with E-state index >= 15 is 0 Å². The standard InChI is InChI=1S/C20H28F5N3O2S/c1-31(30,10-2-5-21)27-6-9-28-7-3-15(4-8-28)14-26-19(29)16-11-17(20(23,24)25)13-18(22)12-16/h11-13,15H,1-10,14H2,(H,26,29)(H,27,30). The number of nitrogens with zero attached hydrogens (tertiary/aromatic N) is 1. The summed E-state index contributed by atoms with van der Waals surface area (Å²) in [5, 5.41) is 2.59. The number of halogens is 5. The zero-order chi connectivity index (χ0) is 23.1. The number of benzene rings is 1. The molecule has 1 aromatic rings. The third-order valence-electron chi connectivity index (χ3n) is 5.15. The van der Waals surface area contributed by atoms with Crippen LogP contribution in [0.25, 0.3) is 0 Å². The molecule has 0 radical (unpaired) electrons. The van der Waals surface area contributed by atoms with Crippen LogP contribution in [-0.4, -0.2) is 66.0 Å². The highest BCUT2D eigenvalue weighted by Crippen LogP contribution is 2.30. The number of piperidine rings is 1. The number of hydrogen-bond acceptors (Lipinski definition) is 3. The van der Waals surface area contributed by atoms with Crippen molar-refractivity contribution in [2.45, 2.75) is 25.4 Å². The van der Waals surface area contributed by atoms with Crippen LogP contribution < -0.4 is 10.0 Å². The van der Waals surface area contributed by atoms with Gasteiger partial charge in [0.25, 0.3) is 5.91 Å². The van der Waals surface area contributed by atoms with Gasteiger partial charge in [-0.3, -0.25) is 13.4 Å². The number of carbonyl (C=O) groups is 1. The summed E-state index contributed by atoms with van der Waals surface area (Å²) < 4.78 is 79.0. The van der Waals surface area contributed by atoms with E-state index in [1.165, 1.54) is 0 Å². The summed E-state index contributed by atoms with van der Waals surface area (Å²) >= 11 is 0. The zero-order valence-corrected chi connectivity index (χ0v) is 18.0. The Morgan fingerprint density at radius 1 is 1.23 bits per heavy atom. The van der Waals surface area contributed by atoms with Gasteiger partial charge in [-0.15, -0.1) is 0 Å². The topological polar surface area (TPSA) is 61.4 Å². The van der Waals surface area contributed by atoms with E-state index in [2.05, 4.69) is 20.8 Å². The quantitative estimate of drug-likeness (QED) is 0.409. The van der Waals surface area contributed by atoms with Crippen molar-refractivity contribution in [2.75, 3.05) is 45.2 Å². The second kappa shape index (κ2) is 11.2. The highest BCUT2D eigenvalue weighted by atomic mass is 32.2. The van der Waals surface area contributed by atoms with E-state index in [0.717, 1.165) is 32.0 Å².